The molecule has 0 aliphatic rings. The third-order valence-electron chi connectivity index (χ3n) is 2.05. The van der Waals surface area contributed by atoms with Gasteiger partial charge in [-0.3, -0.25) is 4.79 Å². The fourth-order valence-electron chi connectivity index (χ4n) is 1.46. The summed E-state index contributed by atoms with van der Waals surface area (Å²) in [6.07, 6.45) is 0.265. The van der Waals surface area contributed by atoms with Crippen LogP contribution in [0.5, 0.6) is 0 Å². The molecule has 0 aliphatic heterocycles. The highest BCUT2D eigenvalue weighted by atomic mass is 16.1. The Morgan fingerprint density at radius 1 is 1.40 bits per heavy atom. The lowest BCUT2D eigenvalue weighted by Gasteiger charge is -2.26. The number of hydrogen-bond acceptors (Lipinski definition) is 3. The number of anilines is 2. The molecule has 1 aromatic carbocycles. The van der Waals surface area contributed by atoms with E-state index in [2.05, 4.69) is 5.32 Å². The maximum Gasteiger partial charge on any atom is 0.219 e. The number of nitrogens with one attached hydrogen (secondary N) is 1. The van der Waals surface area contributed by atoms with E-state index in [1.54, 1.807) is 0 Å². The molecule has 0 heterocycles. The topological polar surface area (TPSA) is 81.1 Å². The Kier molecular flexibility index (Phi) is 3.19. The minimum Gasteiger partial charge on any atom is -0.397 e. The molecule has 0 saturated heterocycles. The van der Waals surface area contributed by atoms with E-state index in [1.807, 2.05) is 38.1 Å². The van der Waals surface area contributed by atoms with Crippen molar-refractivity contribution in [2.24, 2.45) is 5.73 Å². The third-order valence-corrected chi connectivity index (χ3v) is 2.05. The van der Waals surface area contributed by atoms with Crippen LogP contribution in [-0.2, 0) is 4.79 Å². The van der Waals surface area contributed by atoms with Gasteiger partial charge in [-0.1, -0.05) is 12.1 Å². The average Bonchev–Trinajstić information content (AvgIpc) is 2.06. The van der Waals surface area contributed by atoms with Crippen molar-refractivity contribution >= 4 is 17.3 Å². The van der Waals surface area contributed by atoms with Gasteiger partial charge in [0.15, 0.2) is 0 Å². The number of para-hydroxylation sites is 2. The van der Waals surface area contributed by atoms with E-state index >= 15 is 0 Å². The highest BCUT2D eigenvalue weighted by Gasteiger charge is 2.20. The quantitative estimate of drug-likeness (QED) is 0.651. The van der Waals surface area contributed by atoms with Crippen molar-refractivity contribution in [2.45, 2.75) is 25.8 Å². The Morgan fingerprint density at radius 3 is 2.53 bits per heavy atom. The Morgan fingerprint density at radius 2 is 2.00 bits per heavy atom. The van der Waals surface area contributed by atoms with E-state index in [0.29, 0.717) is 5.69 Å². The van der Waals surface area contributed by atoms with Crippen molar-refractivity contribution in [3.63, 3.8) is 0 Å². The van der Waals surface area contributed by atoms with Gasteiger partial charge in [0.1, 0.15) is 0 Å². The fourth-order valence-corrected chi connectivity index (χ4v) is 1.46. The lowest BCUT2D eigenvalue weighted by molar-refractivity contribution is -0.118. The summed E-state index contributed by atoms with van der Waals surface area (Å²) in [5, 5.41) is 3.19. The summed E-state index contributed by atoms with van der Waals surface area (Å²) in [6, 6.07) is 7.43. The van der Waals surface area contributed by atoms with Crippen LogP contribution >= 0.6 is 0 Å². The zero-order valence-corrected chi connectivity index (χ0v) is 9.08. The third kappa shape index (κ3) is 3.50. The van der Waals surface area contributed by atoms with Crippen LogP contribution in [0.3, 0.4) is 0 Å². The smallest absolute Gasteiger partial charge is 0.219 e. The highest BCUT2D eigenvalue weighted by Crippen LogP contribution is 2.23. The van der Waals surface area contributed by atoms with Gasteiger partial charge < -0.3 is 16.8 Å². The monoisotopic (exact) mass is 207 g/mol. The molecule has 0 atom stereocenters. The maximum atomic E-state index is 10.8. The lowest BCUT2D eigenvalue weighted by Crippen LogP contribution is -2.36. The Balaban J connectivity index is 2.77. The minimum absolute atomic E-state index is 0.265. The standard InChI is InChI=1S/C11H17N3O/c1-11(2,7-10(13)15)14-9-6-4-3-5-8(9)12/h3-6,14H,7,12H2,1-2H3,(H2,13,15). The van der Waals surface area contributed by atoms with Crippen molar-refractivity contribution in [3.05, 3.63) is 24.3 Å². The number of nitrogen functional groups attached to an aromatic ring is 1. The van der Waals surface area contributed by atoms with Gasteiger partial charge in [0.05, 0.1) is 11.4 Å². The van der Waals surface area contributed by atoms with Gasteiger partial charge in [-0.2, -0.15) is 0 Å². The number of amides is 1. The Hall–Kier alpha value is -1.71. The van der Waals surface area contributed by atoms with Crippen LogP contribution in [0, 0.1) is 0 Å². The largest absolute Gasteiger partial charge is 0.397 e. The summed E-state index contributed by atoms with van der Waals surface area (Å²) in [5.41, 5.74) is 12.0. The van der Waals surface area contributed by atoms with Gasteiger partial charge in [0, 0.05) is 12.0 Å². The number of benzene rings is 1. The molecule has 4 nitrogen and oxygen atoms in total. The second kappa shape index (κ2) is 4.21. The first-order chi connectivity index (χ1) is 6.91. The highest BCUT2D eigenvalue weighted by molar-refractivity contribution is 5.76. The van der Waals surface area contributed by atoms with Gasteiger partial charge in [0.2, 0.25) is 5.91 Å². The van der Waals surface area contributed by atoms with Crippen molar-refractivity contribution in [1.29, 1.82) is 0 Å². The SMILES string of the molecule is CC(C)(CC(N)=O)Nc1ccccc1N. The molecular formula is C11H17N3O. The molecule has 5 N–H and O–H groups in total. The number of hydrogen-bond donors (Lipinski definition) is 3. The van der Waals surface area contributed by atoms with E-state index < -0.39 is 0 Å². The Labute approximate surface area is 89.6 Å². The van der Waals surface area contributed by atoms with E-state index in [0.717, 1.165) is 5.69 Å². The molecule has 0 unspecified atom stereocenters. The van der Waals surface area contributed by atoms with Crippen LogP contribution in [0.15, 0.2) is 24.3 Å². The molecule has 0 spiro atoms. The zero-order valence-electron chi connectivity index (χ0n) is 9.08. The summed E-state index contributed by atoms with van der Waals surface area (Å²) in [7, 11) is 0. The van der Waals surface area contributed by atoms with Gasteiger partial charge in [-0.15, -0.1) is 0 Å². The molecule has 0 bridgehead atoms. The summed E-state index contributed by atoms with van der Waals surface area (Å²) in [4.78, 5) is 10.8. The number of carbonyl (C=O) groups excluding carboxylic acids is 1. The van der Waals surface area contributed by atoms with Crippen molar-refractivity contribution < 1.29 is 4.79 Å². The van der Waals surface area contributed by atoms with E-state index in [1.165, 1.54) is 0 Å². The second-order valence-electron chi connectivity index (χ2n) is 4.24. The molecule has 1 aromatic rings. The van der Waals surface area contributed by atoms with Crippen molar-refractivity contribution in [2.75, 3.05) is 11.1 Å². The summed E-state index contributed by atoms with van der Waals surface area (Å²) >= 11 is 0. The average molecular weight is 207 g/mol. The predicted octanol–water partition coefficient (Wildman–Crippen LogP) is 1.33. The van der Waals surface area contributed by atoms with Gasteiger partial charge in [0.25, 0.3) is 0 Å². The van der Waals surface area contributed by atoms with Crippen LogP contribution in [0.4, 0.5) is 11.4 Å². The first-order valence-corrected chi connectivity index (χ1v) is 4.82. The molecule has 0 radical (unpaired) electrons. The predicted molar refractivity (Wildman–Crippen MR) is 62.4 cm³/mol. The molecule has 0 aliphatic carbocycles. The van der Waals surface area contributed by atoms with Crippen LogP contribution in [0.1, 0.15) is 20.3 Å². The summed E-state index contributed by atoms with van der Waals surface area (Å²) < 4.78 is 0. The van der Waals surface area contributed by atoms with E-state index in [9.17, 15) is 4.79 Å². The second-order valence-corrected chi connectivity index (χ2v) is 4.24. The lowest BCUT2D eigenvalue weighted by atomic mass is 9.99. The molecule has 1 rings (SSSR count). The molecule has 0 fully saturated rings. The molecule has 4 heteroatoms. The first-order valence-electron chi connectivity index (χ1n) is 4.82. The van der Waals surface area contributed by atoms with Crippen LogP contribution in [0.2, 0.25) is 0 Å². The van der Waals surface area contributed by atoms with Crippen LogP contribution in [0.25, 0.3) is 0 Å². The van der Waals surface area contributed by atoms with Gasteiger partial charge in [-0.05, 0) is 26.0 Å². The maximum absolute atomic E-state index is 10.8. The molecule has 1 amide bonds. The first kappa shape index (κ1) is 11.4. The number of nitrogens with two attached hydrogens (primary N) is 2. The molecular weight excluding hydrogens is 190 g/mol. The Bertz CT molecular complexity index is 361. The van der Waals surface area contributed by atoms with E-state index in [4.69, 9.17) is 11.5 Å². The number of rotatable bonds is 4. The van der Waals surface area contributed by atoms with E-state index in [-0.39, 0.29) is 17.9 Å². The molecule has 0 aromatic heterocycles. The molecule has 15 heavy (non-hydrogen) atoms. The number of carbonyl (C=O) groups is 1. The molecule has 82 valence electrons. The summed E-state index contributed by atoms with van der Waals surface area (Å²) in [6.45, 7) is 3.81. The fraction of sp³-hybridized carbons (Fsp3) is 0.364. The van der Waals surface area contributed by atoms with Crippen molar-refractivity contribution in [3.8, 4) is 0 Å². The van der Waals surface area contributed by atoms with Crippen molar-refractivity contribution in [1.82, 2.24) is 0 Å². The number of primary amides is 1. The van der Waals surface area contributed by atoms with Crippen LogP contribution in [-0.4, -0.2) is 11.4 Å². The van der Waals surface area contributed by atoms with Gasteiger partial charge in [-0.25, -0.2) is 0 Å². The minimum atomic E-state index is -0.388. The normalized spacial score (nSPS) is 11.1. The zero-order chi connectivity index (χ0) is 11.5. The van der Waals surface area contributed by atoms with Gasteiger partial charge >= 0.3 is 0 Å². The van der Waals surface area contributed by atoms with Crippen LogP contribution < -0.4 is 16.8 Å². The summed E-state index contributed by atoms with van der Waals surface area (Å²) in [5.74, 6) is -0.331. The molecule has 0 saturated carbocycles.